The van der Waals surface area contributed by atoms with Crippen molar-refractivity contribution in [3.05, 3.63) is 16.6 Å². The zero-order valence-electron chi connectivity index (χ0n) is 14.2. The van der Waals surface area contributed by atoms with Gasteiger partial charge in [0.05, 0.1) is 6.54 Å². The summed E-state index contributed by atoms with van der Waals surface area (Å²) in [6, 6.07) is 0.789. The predicted octanol–water partition coefficient (Wildman–Crippen LogP) is 2.86. The molecule has 1 saturated carbocycles. The average molecular weight is 336 g/mol. The minimum atomic E-state index is 0.623. The standard InChI is InChI=1S/C18H29N3OS/c1-20(14-17-19-6-11-23-17)16-12-18(16)4-7-21(8-5-18)13-15-2-9-22-10-3-15/h6,11,15-16H,2-5,7-10,12-14H2,1H3/t16-/m0/s1. The first-order chi connectivity index (χ1) is 11.3. The van der Waals surface area contributed by atoms with E-state index in [4.69, 9.17) is 4.74 Å². The van der Waals surface area contributed by atoms with Crippen LogP contribution in [0.15, 0.2) is 11.6 Å². The van der Waals surface area contributed by atoms with Gasteiger partial charge in [-0.1, -0.05) is 0 Å². The van der Waals surface area contributed by atoms with E-state index in [1.807, 2.05) is 6.20 Å². The molecule has 1 aromatic rings. The number of piperidine rings is 1. The Morgan fingerprint density at radius 2 is 2.13 bits per heavy atom. The molecule has 0 bridgehead atoms. The van der Waals surface area contributed by atoms with Crippen molar-refractivity contribution in [3.63, 3.8) is 0 Å². The van der Waals surface area contributed by atoms with E-state index >= 15 is 0 Å². The molecule has 1 aliphatic carbocycles. The Balaban J connectivity index is 1.23. The third-order valence-corrected chi connectivity index (χ3v) is 7.02. The van der Waals surface area contributed by atoms with E-state index in [1.54, 1.807) is 11.3 Å². The van der Waals surface area contributed by atoms with E-state index in [0.29, 0.717) is 5.41 Å². The second kappa shape index (κ2) is 6.79. The fourth-order valence-electron chi connectivity index (χ4n) is 4.62. The molecule has 2 aliphatic heterocycles. The molecule has 5 heteroatoms. The van der Waals surface area contributed by atoms with E-state index in [1.165, 1.54) is 56.7 Å². The SMILES string of the molecule is CN(Cc1nccs1)[C@H]1CC12CCN(CC1CCOCC1)CC2. The van der Waals surface area contributed by atoms with Gasteiger partial charge in [-0.2, -0.15) is 0 Å². The smallest absolute Gasteiger partial charge is 0.107 e. The number of rotatable bonds is 5. The largest absolute Gasteiger partial charge is 0.381 e. The minimum absolute atomic E-state index is 0.623. The summed E-state index contributed by atoms with van der Waals surface area (Å²) in [7, 11) is 2.29. The molecule has 3 aliphatic rings. The Morgan fingerprint density at radius 1 is 1.35 bits per heavy atom. The fourth-order valence-corrected chi connectivity index (χ4v) is 5.30. The van der Waals surface area contributed by atoms with E-state index in [2.05, 4.69) is 27.2 Å². The van der Waals surface area contributed by atoms with Crippen LogP contribution >= 0.6 is 11.3 Å². The molecule has 4 nitrogen and oxygen atoms in total. The lowest BCUT2D eigenvalue weighted by Gasteiger charge is -2.36. The highest BCUT2D eigenvalue weighted by Crippen LogP contribution is 2.56. The average Bonchev–Trinajstić information content (AvgIpc) is 3.02. The van der Waals surface area contributed by atoms with Gasteiger partial charge in [-0.3, -0.25) is 4.90 Å². The fraction of sp³-hybridized carbons (Fsp3) is 0.833. The van der Waals surface area contributed by atoms with Crippen molar-refractivity contribution in [2.75, 3.05) is 39.9 Å². The molecule has 2 saturated heterocycles. The Labute approximate surface area is 143 Å². The second-order valence-electron chi connectivity index (χ2n) is 7.78. The van der Waals surface area contributed by atoms with Crippen LogP contribution in [0.25, 0.3) is 0 Å². The summed E-state index contributed by atoms with van der Waals surface area (Å²) in [5.41, 5.74) is 0.623. The number of nitrogens with zero attached hydrogens (tertiary/aromatic N) is 3. The van der Waals surface area contributed by atoms with E-state index in [9.17, 15) is 0 Å². The quantitative estimate of drug-likeness (QED) is 0.827. The first-order valence-corrected chi connectivity index (χ1v) is 10.0. The molecule has 128 valence electrons. The molecular weight excluding hydrogens is 306 g/mol. The van der Waals surface area contributed by atoms with Crippen LogP contribution in [-0.4, -0.2) is 60.7 Å². The Kier molecular flexibility index (Phi) is 4.72. The number of thiazole rings is 1. The van der Waals surface area contributed by atoms with Gasteiger partial charge >= 0.3 is 0 Å². The molecule has 1 aromatic heterocycles. The summed E-state index contributed by atoms with van der Waals surface area (Å²) in [5.74, 6) is 0.875. The lowest BCUT2D eigenvalue weighted by atomic mass is 9.91. The van der Waals surface area contributed by atoms with Crippen molar-refractivity contribution < 1.29 is 4.74 Å². The summed E-state index contributed by atoms with van der Waals surface area (Å²) in [6.07, 6.45) is 8.64. The van der Waals surface area contributed by atoms with Gasteiger partial charge in [0.2, 0.25) is 0 Å². The molecule has 3 fully saturated rings. The number of ether oxygens (including phenoxy) is 1. The topological polar surface area (TPSA) is 28.6 Å². The zero-order valence-corrected chi connectivity index (χ0v) is 15.1. The molecule has 0 unspecified atom stereocenters. The van der Waals surface area contributed by atoms with Crippen molar-refractivity contribution in [2.45, 2.75) is 44.7 Å². The highest BCUT2D eigenvalue weighted by atomic mass is 32.1. The van der Waals surface area contributed by atoms with Gasteiger partial charge in [0.15, 0.2) is 0 Å². The number of aromatic nitrogens is 1. The maximum Gasteiger partial charge on any atom is 0.107 e. The van der Waals surface area contributed by atoms with Gasteiger partial charge in [-0.05, 0) is 63.6 Å². The van der Waals surface area contributed by atoms with Crippen LogP contribution in [0.4, 0.5) is 0 Å². The first-order valence-electron chi connectivity index (χ1n) is 9.14. The molecule has 0 aromatic carbocycles. The third kappa shape index (κ3) is 3.63. The van der Waals surface area contributed by atoms with Crippen LogP contribution in [0.5, 0.6) is 0 Å². The minimum Gasteiger partial charge on any atom is -0.381 e. The Hall–Kier alpha value is -0.490. The van der Waals surface area contributed by atoms with Crippen LogP contribution in [0.1, 0.15) is 37.1 Å². The monoisotopic (exact) mass is 335 g/mol. The van der Waals surface area contributed by atoms with Crippen LogP contribution in [-0.2, 0) is 11.3 Å². The number of hydrogen-bond donors (Lipinski definition) is 0. The van der Waals surface area contributed by atoms with Crippen LogP contribution in [0.2, 0.25) is 0 Å². The summed E-state index contributed by atoms with van der Waals surface area (Å²) in [6.45, 7) is 6.89. The number of hydrogen-bond acceptors (Lipinski definition) is 5. The molecule has 23 heavy (non-hydrogen) atoms. The highest BCUT2D eigenvalue weighted by Gasteiger charge is 2.56. The molecule has 0 radical (unpaired) electrons. The van der Waals surface area contributed by atoms with Crippen LogP contribution in [0, 0.1) is 11.3 Å². The normalized spacial score (nSPS) is 28.5. The lowest BCUT2D eigenvalue weighted by Crippen LogP contribution is -2.41. The first kappa shape index (κ1) is 16.0. The van der Waals surface area contributed by atoms with Crippen LogP contribution in [0.3, 0.4) is 0 Å². The van der Waals surface area contributed by atoms with E-state index < -0.39 is 0 Å². The van der Waals surface area contributed by atoms with Crippen molar-refractivity contribution in [1.82, 2.24) is 14.8 Å². The molecule has 3 heterocycles. The van der Waals surface area contributed by atoms with Crippen molar-refractivity contribution in [1.29, 1.82) is 0 Å². The molecule has 1 atom stereocenters. The van der Waals surface area contributed by atoms with E-state index in [0.717, 1.165) is 31.7 Å². The Bertz CT molecular complexity index is 492. The van der Waals surface area contributed by atoms with Crippen molar-refractivity contribution in [3.8, 4) is 0 Å². The van der Waals surface area contributed by atoms with Gasteiger partial charge < -0.3 is 9.64 Å². The molecule has 1 spiro atoms. The van der Waals surface area contributed by atoms with Crippen molar-refractivity contribution >= 4 is 11.3 Å². The van der Waals surface area contributed by atoms with E-state index in [-0.39, 0.29) is 0 Å². The maximum atomic E-state index is 5.49. The van der Waals surface area contributed by atoms with Crippen molar-refractivity contribution in [2.24, 2.45) is 11.3 Å². The zero-order chi connectivity index (χ0) is 15.7. The highest BCUT2D eigenvalue weighted by molar-refractivity contribution is 7.09. The van der Waals surface area contributed by atoms with Crippen LogP contribution < -0.4 is 0 Å². The van der Waals surface area contributed by atoms with Gasteiger partial charge in [0.25, 0.3) is 0 Å². The van der Waals surface area contributed by atoms with Gasteiger partial charge in [0, 0.05) is 37.4 Å². The van der Waals surface area contributed by atoms with Gasteiger partial charge in [0.1, 0.15) is 5.01 Å². The number of likely N-dealkylation sites (tertiary alicyclic amines) is 1. The molecule has 0 N–H and O–H groups in total. The third-order valence-electron chi connectivity index (χ3n) is 6.26. The summed E-state index contributed by atoms with van der Waals surface area (Å²) < 4.78 is 5.49. The maximum absolute atomic E-state index is 5.49. The summed E-state index contributed by atoms with van der Waals surface area (Å²) >= 11 is 1.78. The Morgan fingerprint density at radius 3 is 2.83 bits per heavy atom. The second-order valence-corrected chi connectivity index (χ2v) is 8.76. The summed E-state index contributed by atoms with van der Waals surface area (Å²) in [4.78, 5) is 9.70. The summed E-state index contributed by atoms with van der Waals surface area (Å²) in [5, 5.41) is 3.34. The molecule has 0 amide bonds. The predicted molar refractivity (Wildman–Crippen MR) is 93.6 cm³/mol. The van der Waals surface area contributed by atoms with Gasteiger partial charge in [-0.15, -0.1) is 11.3 Å². The lowest BCUT2D eigenvalue weighted by molar-refractivity contribution is 0.0439. The van der Waals surface area contributed by atoms with Gasteiger partial charge in [-0.25, -0.2) is 4.98 Å². The molecule has 4 rings (SSSR count). The molecular formula is C18H29N3OS.